The number of thioether (sulfide) groups is 1. The van der Waals surface area contributed by atoms with Gasteiger partial charge in [0.15, 0.2) is 0 Å². The second kappa shape index (κ2) is 8.19. The first kappa shape index (κ1) is 16.8. The van der Waals surface area contributed by atoms with E-state index in [1.165, 1.54) is 23.9 Å². The van der Waals surface area contributed by atoms with Crippen LogP contribution in [0.1, 0.15) is 25.7 Å². The Morgan fingerprint density at radius 2 is 2.29 bits per heavy atom. The summed E-state index contributed by atoms with van der Waals surface area (Å²) in [6.45, 7) is 0.939. The van der Waals surface area contributed by atoms with Crippen LogP contribution in [0.15, 0.2) is 15.5 Å². The first-order valence-electron chi connectivity index (χ1n) is 7.21. The van der Waals surface area contributed by atoms with Gasteiger partial charge < -0.3 is 10.1 Å². The second-order valence-electron chi connectivity index (χ2n) is 5.20. The highest BCUT2D eigenvalue weighted by Gasteiger charge is 2.25. The van der Waals surface area contributed by atoms with Gasteiger partial charge in [0.1, 0.15) is 4.47 Å². The lowest BCUT2D eigenvalue weighted by Crippen LogP contribution is -2.35. The van der Waals surface area contributed by atoms with Crippen LogP contribution in [0, 0.1) is 0 Å². The minimum absolute atomic E-state index is 0.117. The maximum Gasteiger partial charge on any atom is 0.283 e. The van der Waals surface area contributed by atoms with E-state index < -0.39 is 0 Å². The SMILES string of the molecule is COCCn1ncc(NC2CCCCC2SC)c(Br)c1=O. The van der Waals surface area contributed by atoms with Gasteiger partial charge in [0, 0.05) is 18.4 Å². The summed E-state index contributed by atoms with van der Waals surface area (Å²) < 4.78 is 6.96. The highest BCUT2D eigenvalue weighted by atomic mass is 79.9. The fourth-order valence-electron chi connectivity index (χ4n) is 2.65. The average molecular weight is 376 g/mol. The molecule has 1 aliphatic rings. The Bertz CT molecular complexity index is 523. The number of hydrogen-bond donors (Lipinski definition) is 1. The second-order valence-corrected chi connectivity index (χ2v) is 7.07. The molecule has 2 rings (SSSR count). The topological polar surface area (TPSA) is 56.1 Å². The standard InChI is InChI=1S/C14H22BrN3O2S/c1-20-8-7-18-14(19)13(15)11(9-16-18)17-10-5-3-4-6-12(10)21-2/h9-10,12,17H,3-8H2,1-2H3. The van der Waals surface area contributed by atoms with Crippen molar-refractivity contribution in [2.75, 3.05) is 25.3 Å². The van der Waals surface area contributed by atoms with Crippen molar-refractivity contribution >= 4 is 33.4 Å². The fraction of sp³-hybridized carbons (Fsp3) is 0.714. The van der Waals surface area contributed by atoms with Gasteiger partial charge in [-0.25, -0.2) is 4.68 Å². The van der Waals surface area contributed by atoms with Gasteiger partial charge in [-0.05, 0) is 35.0 Å². The third-order valence-electron chi connectivity index (χ3n) is 3.84. The zero-order valence-corrected chi connectivity index (χ0v) is 14.9. The molecule has 1 N–H and O–H groups in total. The van der Waals surface area contributed by atoms with E-state index in [2.05, 4.69) is 32.6 Å². The molecular formula is C14H22BrN3O2S. The largest absolute Gasteiger partial charge is 0.383 e. The monoisotopic (exact) mass is 375 g/mol. The number of methoxy groups -OCH3 is 1. The molecular weight excluding hydrogens is 354 g/mol. The molecule has 7 heteroatoms. The van der Waals surface area contributed by atoms with Crippen LogP contribution in [0.25, 0.3) is 0 Å². The predicted octanol–water partition coefficient (Wildman–Crippen LogP) is 2.74. The Balaban J connectivity index is 2.13. The third kappa shape index (κ3) is 4.23. The van der Waals surface area contributed by atoms with Gasteiger partial charge in [0.05, 0.1) is 25.0 Å². The normalized spacial score (nSPS) is 22.2. The van der Waals surface area contributed by atoms with Crippen LogP contribution in [-0.2, 0) is 11.3 Å². The Labute approximate surface area is 138 Å². The molecule has 0 amide bonds. The average Bonchev–Trinajstić information content (AvgIpc) is 2.51. The van der Waals surface area contributed by atoms with E-state index in [0.29, 0.717) is 28.9 Å². The van der Waals surface area contributed by atoms with E-state index >= 15 is 0 Å². The van der Waals surface area contributed by atoms with Crippen LogP contribution in [0.4, 0.5) is 5.69 Å². The zero-order chi connectivity index (χ0) is 15.2. The summed E-state index contributed by atoms with van der Waals surface area (Å²) in [5, 5.41) is 8.32. The lowest BCUT2D eigenvalue weighted by molar-refractivity contribution is 0.181. The number of aromatic nitrogens is 2. The zero-order valence-electron chi connectivity index (χ0n) is 12.5. The Hall–Kier alpha value is -0.530. The van der Waals surface area contributed by atoms with Crippen LogP contribution < -0.4 is 10.9 Å². The number of anilines is 1. The van der Waals surface area contributed by atoms with E-state index in [-0.39, 0.29) is 5.56 Å². The maximum absolute atomic E-state index is 12.2. The van der Waals surface area contributed by atoms with Crippen LogP contribution in [-0.4, -0.2) is 41.0 Å². The van der Waals surface area contributed by atoms with Gasteiger partial charge in [-0.2, -0.15) is 16.9 Å². The quantitative estimate of drug-likeness (QED) is 0.828. The number of halogens is 1. The van der Waals surface area contributed by atoms with Crippen molar-refractivity contribution in [1.82, 2.24) is 9.78 Å². The maximum atomic E-state index is 12.2. The van der Waals surface area contributed by atoms with E-state index in [1.54, 1.807) is 13.3 Å². The molecule has 1 fully saturated rings. The fourth-order valence-corrected chi connectivity index (χ4v) is 4.00. The molecule has 0 saturated heterocycles. The molecule has 1 heterocycles. The van der Waals surface area contributed by atoms with Crippen molar-refractivity contribution in [2.45, 2.75) is 43.5 Å². The molecule has 118 valence electrons. The number of ether oxygens (including phenoxy) is 1. The van der Waals surface area contributed by atoms with Gasteiger partial charge >= 0.3 is 0 Å². The summed E-state index contributed by atoms with van der Waals surface area (Å²) in [6, 6.07) is 0.404. The van der Waals surface area contributed by atoms with Crippen LogP contribution in [0.3, 0.4) is 0 Å². The first-order chi connectivity index (χ1) is 10.2. The highest BCUT2D eigenvalue weighted by molar-refractivity contribution is 9.10. The van der Waals surface area contributed by atoms with E-state index in [0.717, 1.165) is 12.1 Å². The molecule has 2 unspecified atom stereocenters. The lowest BCUT2D eigenvalue weighted by atomic mass is 9.95. The van der Waals surface area contributed by atoms with E-state index in [1.807, 2.05) is 11.8 Å². The summed E-state index contributed by atoms with van der Waals surface area (Å²) >= 11 is 5.31. The highest BCUT2D eigenvalue weighted by Crippen LogP contribution is 2.30. The van der Waals surface area contributed by atoms with Crippen molar-refractivity contribution in [3.8, 4) is 0 Å². The van der Waals surface area contributed by atoms with E-state index in [9.17, 15) is 4.79 Å². The molecule has 0 aromatic carbocycles. The van der Waals surface area contributed by atoms with Crippen molar-refractivity contribution in [2.24, 2.45) is 0 Å². The summed E-state index contributed by atoms with van der Waals surface area (Å²) in [6.07, 6.45) is 8.79. The van der Waals surface area contributed by atoms with Crippen molar-refractivity contribution in [1.29, 1.82) is 0 Å². The Morgan fingerprint density at radius 3 is 3.00 bits per heavy atom. The number of hydrogen-bond acceptors (Lipinski definition) is 5. The number of nitrogens with one attached hydrogen (secondary N) is 1. The van der Waals surface area contributed by atoms with Crippen LogP contribution in [0.2, 0.25) is 0 Å². The van der Waals surface area contributed by atoms with Gasteiger partial charge in [0.2, 0.25) is 0 Å². The number of rotatable bonds is 6. The van der Waals surface area contributed by atoms with Crippen LogP contribution in [0.5, 0.6) is 0 Å². The van der Waals surface area contributed by atoms with Crippen LogP contribution >= 0.6 is 27.7 Å². The summed E-state index contributed by atoms with van der Waals surface area (Å²) in [5.74, 6) is 0. The third-order valence-corrected chi connectivity index (χ3v) is 5.77. The van der Waals surface area contributed by atoms with Gasteiger partial charge in [0.25, 0.3) is 5.56 Å². The molecule has 0 bridgehead atoms. The number of nitrogens with zero attached hydrogens (tertiary/aromatic N) is 2. The molecule has 0 spiro atoms. The molecule has 1 aromatic heterocycles. The smallest absolute Gasteiger partial charge is 0.283 e. The molecule has 1 aromatic rings. The molecule has 1 aliphatic carbocycles. The predicted molar refractivity (Wildman–Crippen MR) is 91.3 cm³/mol. The van der Waals surface area contributed by atoms with Gasteiger partial charge in [-0.1, -0.05) is 12.8 Å². The Morgan fingerprint density at radius 1 is 1.52 bits per heavy atom. The molecule has 0 aliphatic heterocycles. The minimum atomic E-state index is -0.117. The van der Waals surface area contributed by atoms with Gasteiger partial charge in [-0.15, -0.1) is 0 Å². The molecule has 5 nitrogen and oxygen atoms in total. The van der Waals surface area contributed by atoms with E-state index in [4.69, 9.17) is 4.74 Å². The lowest BCUT2D eigenvalue weighted by Gasteiger charge is -2.31. The summed E-state index contributed by atoms with van der Waals surface area (Å²) in [7, 11) is 1.61. The van der Waals surface area contributed by atoms with Crippen molar-refractivity contribution < 1.29 is 4.74 Å². The summed E-state index contributed by atoms with van der Waals surface area (Å²) in [5.41, 5.74) is 0.674. The van der Waals surface area contributed by atoms with Crippen molar-refractivity contribution in [3.05, 3.63) is 21.0 Å². The molecule has 21 heavy (non-hydrogen) atoms. The molecule has 0 radical (unpaired) electrons. The summed E-state index contributed by atoms with van der Waals surface area (Å²) in [4.78, 5) is 12.2. The van der Waals surface area contributed by atoms with Gasteiger partial charge in [-0.3, -0.25) is 4.79 Å². The molecule has 1 saturated carbocycles. The minimum Gasteiger partial charge on any atom is -0.383 e. The Kier molecular flexibility index (Phi) is 6.57. The van der Waals surface area contributed by atoms with Crippen molar-refractivity contribution in [3.63, 3.8) is 0 Å². The molecule has 2 atom stereocenters. The first-order valence-corrected chi connectivity index (χ1v) is 9.29.